The van der Waals surface area contributed by atoms with E-state index in [9.17, 15) is 4.79 Å². The summed E-state index contributed by atoms with van der Waals surface area (Å²) in [6, 6.07) is 13.8. The average molecular weight is 441 g/mol. The highest BCUT2D eigenvalue weighted by Crippen LogP contribution is 2.27. The maximum Gasteiger partial charge on any atom is 0.224 e. The maximum absolute atomic E-state index is 11.9. The Kier molecular flexibility index (Phi) is 10.4. The van der Waals surface area contributed by atoms with Crippen LogP contribution in [0.25, 0.3) is 0 Å². The molecule has 0 aromatic heterocycles. The van der Waals surface area contributed by atoms with E-state index < -0.39 is 0 Å². The molecule has 7 heteroatoms. The Morgan fingerprint density at radius 1 is 1.03 bits per heavy atom. The number of benzene rings is 2. The lowest BCUT2D eigenvalue weighted by Gasteiger charge is -2.22. The van der Waals surface area contributed by atoms with Crippen LogP contribution in [0.4, 0.5) is 5.69 Å². The fraction of sp³-hybridized carbons (Fsp3) is 0.440. The van der Waals surface area contributed by atoms with Crippen molar-refractivity contribution in [2.45, 2.75) is 39.7 Å². The molecular weight excluding hydrogens is 404 g/mol. The molecule has 0 radical (unpaired) electrons. The highest BCUT2D eigenvalue weighted by Gasteiger charge is 2.09. The number of rotatable bonds is 11. The van der Waals surface area contributed by atoms with Crippen LogP contribution in [0.15, 0.2) is 47.5 Å². The second kappa shape index (κ2) is 13.2. The molecule has 1 amide bonds. The molecule has 32 heavy (non-hydrogen) atoms. The van der Waals surface area contributed by atoms with E-state index in [1.807, 2.05) is 50.4 Å². The van der Waals surface area contributed by atoms with Gasteiger partial charge in [0.05, 0.1) is 20.8 Å². The number of nitrogens with zero attached hydrogens (tertiary/aromatic N) is 2. The standard InChI is InChI=1S/C25H36N4O3/c1-6-9-24(30)28-21-11-8-10-20(16-21)18-27-25(26-7-2)29(3)15-14-19-12-13-22(31-4)23(17-19)32-5/h8,10-13,16-17H,6-7,9,14-15,18H2,1-5H3,(H,26,27)(H,28,30). The average Bonchev–Trinajstić information content (AvgIpc) is 2.80. The van der Waals surface area contributed by atoms with Crippen molar-refractivity contribution in [2.24, 2.45) is 4.99 Å². The molecule has 0 saturated carbocycles. The molecule has 0 aliphatic carbocycles. The molecule has 2 rings (SSSR count). The van der Waals surface area contributed by atoms with Gasteiger partial charge in [0.2, 0.25) is 5.91 Å². The SMILES string of the molecule is CCCC(=O)Nc1cccc(CN=C(NCC)N(C)CCc2ccc(OC)c(OC)c2)c1. The highest BCUT2D eigenvalue weighted by atomic mass is 16.5. The number of likely N-dealkylation sites (N-methyl/N-ethyl adjacent to an activating group) is 1. The molecule has 7 nitrogen and oxygen atoms in total. The quantitative estimate of drug-likeness (QED) is 0.407. The first-order valence-electron chi connectivity index (χ1n) is 11.1. The number of methoxy groups -OCH3 is 2. The monoisotopic (exact) mass is 440 g/mol. The summed E-state index contributed by atoms with van der Waals surface area (Å²) >= 11 is 0. The Labute approximate surface area is 191 Å². The van der Waals surface area contributed by atoms with E-state index >= 15 is 0 Å². The predicted molar refractivity (Wildman–Crippen MR) is 131 cm³/mol. The number of amides is 1. The van der Waals surface area contributed by atoms with Crippen LogP contribution in [-0.4, -0.2) is 51.1 Å². The molecular formula is C25H36N4O3. The van der Waals surface area contributed by atoms with Crippen molar-refractivity contribution in [1.29, 1.82) is 0 Å². The Morgan fingerprint density at radius 2 is 1.81 bits per heavy atom. The highest BCUT2D eigenvalue weighted by molar-refractivity contribution is 5.90. The van der Waals surface area contributed by atoms with Crippen LogP contribution in [0.2, 0.25) is 0 Å². The fourth-order valence-electron chi connectivity index (χ4n) is 3.27. The van der Waals surface area contributed by atoms with Crippen molar-refractivity contribution < 1.29 is 14.3 Å². The van der Waals surface area contributed by atoms with E-state index in [4.69, 9.17) is 14.5 Å². The van der Waals surface area contributed by atoms with Gasteiger partial charge in [-0.1, -0.05) is 25.1 Å². The lowest BCUT2D eigenvalue weighted by Crippen LogP contribution is -2.39. The Hall–Kier alpha value is -3.22. The van der Waals surface area contributed by atoms with Gasteiger partial charge in [0.15, 0.2) is 17.5 Å². The summed E-state index contributed by atoms with van der Waals surface area (Å²) in [5, 5.41) is 6.30. The van der Waals surface area contributed by atoms with E-state index in [-0.39, 0.29) is 5.91 Å². The second-order valence-corrected chi connectivity index (χ2v) is 7.53. The summed E-state index contributed by atoms with van der Waals surface area (Å²) in [6.45, 7) is 6.16. The lowest BCUT2D eigenvalue weighted by molar-refractivity contribution is -0.116. The number of anilines is 1. The van der Waals surface area contributed by atoms with Crippen molar-refractivity contribution >= 4 is 17.6 Å². The molecule has 0 atom stereocenters. The molecule has 0 heterocycles. The molecule has 0 fully saturated rings. The van der Waals surface area contributed by atoms with Crippen LogP contribution in [-0.2, 0) is 17.8 Å². The molecule has 0 aliphatic heterocycles. The summed E-state index contributed by atoms with van der Waals surface area (Å²) in [5.41, 5.74) is 3.02. The van der Waals surface area contributed by atoms with E-state index in [0.29, 0.717) is 13.0 Å². The van der Waals surface area contributed by atoms with Gasteiger partial charge in [0, 0.05) is 32.2 Å². The van der Waals surface area contributed by atoms with E-state index in [1.165, 1.54) is 5.56 Å². The zero-order valence-electron chi connectivity index (χ0n) is 19.9. The second-order valence-electron chi connectivity index (χ2n) is 7.53. The normalized spacial score (nSPS) is 11.1. The third kappa shape index (κ3) is 7.80. The number of guanidine groups is 1. The van der Waals surface area contributed by atoms with Gasteiger partial charge in [-0.05, 0) is 55.2 Å². The molecule has 174 valence electrons. The van der Waals surface area contributed by atoms with Gasteiger partial charge in [-0.3, -0.25) is 4.79 Å². The van der Waals surface area contributed by atoms with Crippen LogP contribution in [0, 0.1) is 0 Å². The molecule has 2 N–H and O–H groups in total. The molecule has 2 aromatic rings. The molecule has 0 spiro atoms. The molecule has 0 aliphatic rings. The third-order valence-corrected chi connectivity index (χ3v) is 4.98. The van der Waals surface area contributed by atoms with Crippen molar-refractivity contribution in [3.8, 4) is 11.5 Å². The summed E-state index contributed by atoms with van der Waals surface area (Å²) in [4.78, 5) is 18.8. The molecule has 2 aromatic carbocycles. The number of aliphatic imine (C=N–C) groups is 1. The lowest BCUT2D eigenvalue weighted by atomic mass is 10.1. The first-order chi connectivity index (χ1) is 15.5. The summed E-state index contributed by atoms with van der Waals surface area (Å²) in [6.07, 6.45) is 2.20. The van der Waals surface area contributed by atoms with Crippen molar-refractivity contribution in [2.75, 3.05) is 39.7 Å². The number of carbonyl (C=O) groups is 1. The summed E-state index contributed by atoms with van der Waals surface area (Å²) in [7, 11) is 5.32. The number of hydrogen-bond donors (Lipinski definition) is 2. The van der Waals surface area contributed by atoms with E-state index in [1.54, 1.807) is 14.2 Å². The van der Waals surface area contributed by atoms with Crippen molar-refractivity contribution in [3.63, 3.8) is 0 Å². The Morgan fingerprint density at radius 3 is 2.50 bits per heavy atom. The van der Waals surface area contributed by atoms with E-state index in [0.717, 1.165) is 54.6 Å². The van der Waals surface area contributed by atoms with Gasteiger partial charge in [-0.2, -0.15) is 0 Å². The topological polar surface area (TPSA) is 75.2 Å². The largest absolute Gasteiger partial charge is 0.493 e. The zero-order chi connectivity index (χ0) is 23.3. The van der Waals surface area contributed by atoms with Gasteiger partial charge in [0.1, 0.15) is 0 Å². The number of nitrogens with one attached hydrogen (secondary N) is 2. The van der Waals surface area contributed by atoms with Crippen LogP contribution in [0.1, 0.15) is 37.8 Å². The zero-order valence-corrected chi connectivity index (χ0v) is 19.9. The Bertz CT molecular complexity index is 899. The van der Waals surface area contributed by atoms with Crippen LogP contribution in [0.5, 0.6) is 11.5 Å². The molecule has 0 bridgehead atoms. The van der Waals surface area contributed by atoms with Gasteiger partial charge in [-0.15, -0.1) is 0 Å². The van der Waals surface area contributed by atoms with Crippen molar-refractivity contribution in [1.82, 2.24) is 10.2 Å². The number of hydrogen-bond acceptors (Lipinski definition) is 4. The van der Waals surface area contributed by atoms with Gasteiger partial charge < -0.3 is 25.0 Å². The number of carbonyl (C=O) groups excluding carboxylic acids is 1. The van der Waals surface area contributed by atoms with E-state index in [2.05, 4.69) is 28.5 Å². The van der Waals surface area contributed by atoms with Gasteiger partial charge in [0.25, 0.3) is 0 Å². The molecule has 0 saturated heterocycles. The van der Waals surface area contributed by atoms with Gasteiger partial charge >= 0.3 is 0 Å². The minimum Gasteiger partial charge on any atom is -0.493 e. The summed E-state index contributed by atoms with van der Waals surface area (Å²) < 4.78 is 10.7. The van der Waals surface area contributed by atoms with Crippen LogP contribution in [0.3, 0.4) is 0 Å². The Balaban J connectivity index is 2.02. The van der Waals surface area contributed by atoms with Gasteiger partial charge in [-0.25, -0.2) is 4.99 Å². The fourth-order valence-corrected chi connectivity index (χ4v) is 3.27. The summed E-state index contributed by atoms with van der Waals surface area (Å²) in [5.74, 6) is 2.34. The number of ether oxygens (including phenoxy) is 2. The smallest absolute Gasteiger partial charge is 0.224 e. The maximum atomic E-state index is 11.9. The first-order valence-corrected chi connectivity index (χ1v) is 11.1. The van der Waals surface area contributed by atoms with Crippen LogP contribution < -0.4 is 20.1 Å². The minimum atomic E-state index is 0.0383. The third-order valence-electron chi connectivity index (χ3n) is 4.98. The first kappa shape index (κ1) is 25.0. The van der Waals surface area contributed by atoms with Crippen LogP contribution >= 0.6 is 0 Å². The molecule has 0 unspecified atom stereocenters. The minimum absolute atomic E-state index is 0.0383. The predicted octanol–water partition coefficient (Wildman–Crippen LogP) is 4.08. The van der Waals surface area contributed by atoms with Crippen molar-refractivity contribution in [3.05, 3.63) is 53.6 Å².